The summed E-state index contributed by atoms with van der Waals surface area (Å²) in [6.45, 7) is 10.7. The highest BCUT2D eigenvalue weighted by atomic mass is 16.2. The van der Waals surface area contributed by atoms with Crippen LogP contribution >= 0.6 is 0 Å². The van der Waals surface area contributed by atoms with E-state index >= 15 is 0 Å². The van der Waals surface area contributed by atoms with Crippen molar-refractivity contribution in [1.29, 1.82) is 0 Å². The van der Waals surface area contributed by atoms with Crippen LogP contribution < -0.4 is 10.6 Å². The van der Waals surface area contributed by atoms with Gasteiger partial charge in [-0.25, -0.2) is 9.78 Å². The van der Waals surface area contributed by atoms with E-state index < -0.39 is 0 Å². The van der Waals surface area contributed by atoms with Crippen molar-refractivity contribution in [3.05, 3.63) is 24.0 Å². The zero-order chi connectivity index (χ0) is 21.4. The fourth-order valence-corrected chi connectivity index (χ4v) is 5.86. The Kier molecular flexibility index (Phi) is 5.89. The Balaban J connectivity index is 1.27. The Labute approximate surface area is 185 Å². The molecule has 0 aliphatic carbocycles. The van der Waals surface area contributed by atoms with E-state index in [1.54, 1.807) is 0 Å². The molecule has 0 saturated carbocycles. The number of hydrogen-bond acceptors (Lipinski definition) is 4. The second kappa shape index (κ2) is 8.79. The molecular formula is C24H36N6O. The van der Waals surface area contributed by atoms with Crippen molar-refractivity contribution in [2.24, 2.45) is 5.92 Å². The summed E-state index contributed by atoms with van der Waals surface area (Å²) < 4.78 is 2.36. The van der Waals surface area contributed by atoms with Gasteiger partial charge in [0.1, 0.15) is 5.82 Å². The topological polar surface area (TPSA) is 65.4 Å². The van der Waals surface area contributed by atoms with Crippen LogP contribution in [-0.2, 0) is 13.1 Å². The lowest BCUT2D eigenvalue weighted by atomic mass is 9.83. The molecule has 2 atom stereocenters. The lowest BCUT2D eigenvalue weighted by molar-refractivity contribution is 0.0353. The SMILES string of the molecule is CC(C)NC(=O)Nc1ccc2c(c1)nc1n2CCN(C[C@H]2CCCN3CCCC[C@@H]23)C1. The normalized spacial score (nSPS) is 24.7. The summed E-state index contributed by atoms with van der Waals surface area (Å²) in [5.41, 5.74) is 2.92. The Morgan fingerprint density at radius 1 is 1.13 bits per heavy atom. The number of rotatable bonds is 4. The van der Waals surface area contributed by atoms with Crippen molar-refractivity contribution >= 4 is 22.8 Å². The summed E-state index contributed by atoms with van der Waals surface area (Å²) in [6, 6.07) is 6.80. The first-order valence-corrected chi connectivity index (χ1v) is 12.1. The summed E-state index contributed by atoms with van der Waals surface area (Å²) in [6.07, 6.45) is 6.90. The predicted octanol–water partition coefficient (Wildman–Crippen LogP) is 3.65. The minimum Gasteiger partial charge on any atom is -0.336 e. The highest BCUT2D eigenvalue weighted by molar-refractivity contribution is 5.92. The molecule has 5 rings (SSSR count). The van der Waals surface area contributed by atoms with Crippen LogP contribution in [0.4, 0.5) is 10.5 Å². The van der Waals surface area contributed by atoms with Gasteiger partial charge < -0.3 is 20.1 Å². The van der Waals surface area contributed by atoms with Crippen LogP contribution in [0.25, 0.3) is 11.0 Å². The van der Waals surface area contributed by atoms with Crippen molar-refractivity contribution in [2.75, 3.05) is 31.5 Å². The van der Waals surface area contributed by atoms with Crippen molar-refractivity contribution in [2.45, 2.75) is 71.1 Å². The van der Waals surface area contributed by atoms with E-state index in [1.807, 2.05) is 26.0 Å². The van der Waals surface area contributed by atoms with Crippen LogP contribution in [0.3, 0.4) is 0 Å². The Hall–Kier alpha value is -2.12. The van der Waals surface area contributed by atoms with Crippen LogP contribution in [0.5, 0.6) is 0 Å². The molecule has 31 heavy (non-hydrogen) atoms. The summed E-state index contributed by atoms with van der Waals surface area (Å²) in [5, 5.41) is 5.79. The number of nitrogens with one attached hydrogen (secondary N) is 2. The molecule has 0 spiro atoms. The van der Waals surface area contributed by atoms with Gasteiger partial charge >= 0.3 is 6.03 Å². The summed E-state index contributed by atoms with van der Waals surface area (Å²) in [4.78, 5) is 22.4. The zero-order valence-electron chi connectivity index (χ0n) is 18.9. The lowest BCUT2D eigenvalue weighted by Gasteiger charge is -2.46. The summed E-state index contributed by atoms with van der Waals surface area (Å²) in [5.74, 6) is 1.96. The van der Waals surface area contributed by atoms with Gasteiger partial charge in [0.05, 0.1) is 17.6 Å². The predicted molar refractivity (Wildman–Crippen MR) is 124 cm³/mol. The molecule has 7 heteroatoms. The smallest absolute Gasteiger partial charge is 0.319 e. The van der Waals surface area contributed by atoms with E-state index in [9.17, 15) is 4.79 Å². The maximum absolute atomic E-state index is 12.0. The standard InChI is InChI=1S/C24H36N6O/c1-17(2)25-24(31)26-19-8-9-22-20(14-19)27-23-16-28(12-13-30(22)23)15-18-6-5-11-29-10-4-3-7-21(18)29/h8-9,14,17-18,21H,3-7,10-13,15-16H2,1-2H3,(H2,25,26,31)/t18-,21+/m1/s1. The van der Waals surface area contributed by atoms with Gasteiger partial charge in [0.2, 0.25) is 0 Å². The molecule has 2 saturated heterocycles. The number of nitrogens with zero attached hydrogens (tertiary/aromatic N) is 4. The molecule has 1 aromatic carbocycles. The first-order chi connectivity index (χ1) is 15.1. The number of fused-ring (bicyclic) bond motifs is 4. The maximum Gasteiger partial charge on any atom is 0.319 e. The van der Waals surface area contributed by atoms with Crippen molar-refractivity contribution in [3.63, 3.8) is 0 Å². The second-order valence-electron chi connectivity index (χ2n) is 9.87. The quantitative estimate of drug-likeness (QED) is 0.786. The van der Waals surface area contributed by atoms with Gasteiger partial charge in [-0.3, -0.25) is 4.90 Å². The third kappa shape index (κ3) is 4.44. The fraction of sp³-hybridized carbons (Fsp3) is 0.667. The summed E-state index contributed by atoms with van der Waals surface area (Å²) in [7, 11) is 0. The first-order valence-electron chi connectivity index (χ1n) is 12.1. The van der Waals surface area contributed by atoms with Gasteiger partial charge in [-0.05, 0) is 76.7 Å². The molecule has 1 aromatic heterocycles. The third-order valence-electron chi connectivity index (χ3n) is 7.23. The van der Waals surface area contributed by atoms with Crippen LogP contribution in [0.1, 0.15) is 51.8 Å². The lowest BCUT2D eigenvalue weighted by Crippen LogP contribution is -2.51. The van der Waals surface area contributed by atoms with Gasteiger partial charge in [-0.15, -0.1) is 0 Å². The molecule has 0 unspecified atom stereocenters. The van der Waals surface area contributed by atoms with E-state index in [0.717, 1.165) is 48.6 Å². The number of imidazole rings is 1. The average molecular weight is 425 g/mol. The van der Waals surface area contributed by atoms with Gasteiger partial charge in [0, 0.05) is 37.4 Å². The first kappa shape index (κ1) is 20.8. The van der Waals surface area contributed by atoms with Crippen molar-refractivity contribution in [1.82, 2.24) is 24.7 Å². The molecule has 168 valence electrons. The molecule has 0 radical (unpaired) electrons. The van der Waals surface area contributed by atoms with Gasteiger partial charge in [0.15, 0.2) is 0 Å². The minimum absolute atomic E-state index is 0.111. The fourth-order valence-electron chi connectivity index (χ4n) is 5.86. The Morgan fingerprint density at radius 2 is 2.00 bits per heavy atom. The number of piperidine rings is 2. The number of aromatic nitrogens is 2. The van der Waals surface area contributed by atoms with E-state index in [-0.39, 0.29) is 12.1 Å². The number of carbonyl (C=O) groups excluding carboxylic acids is 1. The van der Waals surface area contributed by atoms with Gasteiger partial charge in [-0.1, -0.05) is 6.42 Å². The zero-order valence-corrected chi connectivity index (χ0v) is 18.9. The van der Waals surface area contributed by atoms with E-state index in [0.29, 0.717) is 0 Å². The largest absolute Gasteiger partial charge is 0.336 e. The molecule has 0 bridgehead atoms. The molecule has 4 heterocycles. The van der Waals surface area contributed by atoms with Crippen molar-refractivity contribution in [3.8, 4) is 0 Å². The number of urea groups is 1. The molecule has 2 fully saturated rings. The summed E-state index contributed by atoms with van der Waals surface area (Å²) >= 11 is 0. The minimum atomic E-state index is -0.172. The third-order valence-corrected chi connectivity index (χ3v) is 7.23. The molecule has 2 aromatic rings. The number of carbonyl (C=O) groups is 1. The molecule has 7 nitrogen and oxygen atoms in total. The average Bonchev–Trinajstić information content (AvgIpc) is 3.10. The molecule has 3 aliphatic heterocycles. The highest BCUT2D eigenvalue weighted by Gasteiger charge is 2.34. The van der Waals surface area contributed by atoms with Gasteiger partial charge in [-0.2, -0.15) is 0 Å². The van der Waals surface area contributed by atoms with E-state index in [2.05, 4.69) is 31.1 Å². The van der Waals surface area contributed by atoms with Crippen molar-refractivity contribution < 1.29 is 4.79 Å². The number of amides is 2. The van der Waals surface area contributed by atoms with Crippen LogP contribution in [0, 0.1) is 5.92 Å². The monoisotopic (exact) mass is 424 g/mol. The number of benzene rings is 1. The van der Waals surface area contributed by atoms with Crippen LogP contribution in [0.2, 0.25) is 0 Å². The number of anilines is 1. The Morgan fingerprint density at radius 3 is 2.87 bits per heavy atom. The molecule has 2 amide bonds. The Bertz CT molecular complexity index is 936. The molecule has 3 aliphatic rings. The van der Waals surface area contributed by atoms with Gasteiger partial charge in [0.25, 0.3) is 0 Å². The van der Waals surface area contributed by atoms with Crippen LogP contribution in [-0.4, -0.2) is 63.6 Å². The number of hydrogen-bond donors (Lipinski definition) is 2. The molecule has 2 N–H and O–H groups in total. The highest BCUT2D eigenvalue weighted by Crippen LogP contribution is 2.32. The molecular weight excluding hydrogens is 388 g/mol. The van der Waals surface area contributed by atoms with E-state index in [1.165, 1.54) is 57.3 Å². The second-order valence-corrected chi connectivity index (χ2v) is 9.87. The maximum atomic E-state index is 12.0. The van der Waals surface area contributed by atoms with E-state index in [4.69, 9.17) is 4.98 Å². The van der Waals surface area contributed by atoms with Crippen LogP contribution in [0.15, 0.2) is 18.2 Å².